The molecule has 0 spiro atoms. The SMILES string of the molecule is CCn1ccc2ccc(NC(=O)Cc3ccc(F)cc3)cc21. The van der Waals surface area contributed by atoms with Gasteiger partial charge in [0.1, 0.15) is 5.82 Å². The van der Waals surface area contributed by atoms with E-state index in [4.69, 9.17) is 0 Å². The average molecular weight is 296 g/mol. The summed E-state index contributed by atoms with van der Waals surface area (Å²) in [6.07, 6.45) is 2.27. The minimum atomic E-state index is -0.296. The van der Waals surface area contributed by atoms with Gasteiger partial charge in [-0.15, -0.1) is 0 Å². The first-order valence-corrected chi connectivity index (χ1v) is 7.29. The summed E-state index contributed by atoms with van der Waals surface area (Å²) in [7, 11) is 0. The van der Waals surface area contributed by atoms with Crippen LogP contribution in [0.15, 0.2) is 54.7 Å². The molecule has 0 aliphatic heterocycles. The molecule has 3 aromatic rings. The number of halogens is 1. The summed E-state index contributed by atoms with van der Waals surface area (Å²) in [5.74, 6) is -0.407. The molecule has 4 heteroatoms. The average Bonchev–Trinajstić information content (AvgIpc) is 2.92. The van der Waals surface area contributed by atoms with E-state index in [-0.39, 0.29) is 18.1 Å². The summed E-state index contributed by atoms with van der Waals surface area (Å²) in [5.41, 5.74) is 2.66. The zero-order valence-corrected chi connectivity index (χ0v) is 12.3. The van der Waals surface area contributed by atoms with Crippen molar-refractivity contribution >= 4 is 22.5 Å². The van der Waals surface area contributed by atoms with Gasteiger partial charge < -0.3 is 9.88 Å². The van der Waals surface area contributed by atoms with Crippen LogP contribution in [0, 0.1) is 5.82 Å². The Morgan fingerprint density at radius 3 is 2.64 bits per heavy atom. The summed E-state index contributed by atoms with van der Waals surface area (Å²) < 4.78 is 15.0. The molecule has 3 nitrogen and oxygen atoms in total. The minimum absolute atomic E-state index is 0.111. The van der Waals surface area contributed by atoms with Crippen LogP contribution in [0.25, 0.3) is 10.9 Å². The number of aryl methyl sites for hydroxylation is 1. The Kier molecular flexibility index (Phi) is 3.92. The molecule has 1 aromatic heterocycles. The largest absolute Gasteiger partial charge is 0.348 e. The number of hydrogen-bond acceptors (Lipinski definition) is 1. The second-order valence-electron chi connectivity index (χ2n) is 5.23. The number of anilines is 1. The quantitative estimate of drug-likeness (QED) is 0.776. The molecule has 0 aliphatic rings. The molecule has 1 amide bonds. The van der Waals surface area contributed by atoms with Crippen molar-refractivity contribution in [2.24, 2.45) is 0 Å². The van der Waals surface area contributed by atoms with Gasteiger partial charge in [-0.25, -0.2) is 4.39 Å². The third-order valence-electron chi connectivity index (χ3n) is 3.68. The highest BCUT2D eigenvalue weighted by molar-refractivity contribution is 5.94. The molecule has 0 unspecified atom stereocenters. The third kappa shape index (κ3) is 3.01. The van der Waals surface area contributed by atoms with Crippen molar-refractivity contribution in [3.63, 3.8) is 0 Å². The Balaban J connectivity index is 1.74. The highest BCUT2D eigenvalue weighted by atomic mass is 19.1. The van der Waals surface area contributed by atoms with Gasteiger partial charge in [0.05, 0.1) is 11.9 Å². The molecular formula is C18H17FN2O. The van der Waals surface area contributed by atoms with Gasteiger partial charge in [0, 0.05) is 18.4 Å². The molecule has 112 valence electrons. The number of rotatable bonds is 4. The fourth-order valence-electron chi connectivity index (χ4n) is 2.53. The van der Waals surface area contributed by atoms with Crippen molar-refractivity contribution in [3.8, 4) is 0 Å². The predicted octanol–water partition coefficient (Wildman–Crippen LogP) is 3.98. The van der Waals surface area contributed by atoms with Crippen molar-refractivity contribution in [2.45, 2.75) is 19.9 Å². The number of aromatic nitrogens is 1. The van der Waals surface area contributed by atoms with Crippen LogP contribution in [0.2, 0.25) is 0 Å². The number of nitrogens with zero attached hydrogens (tertiary/aromatic N) is 1. The second-order valence-corrected chi connectivity index (χ2v) is 5.23. The normalized spacial score (nSPS) is 10.8. The minimum Gasteiger partial charge on any atom is -0.348 e. The van der Waals surface area contributed by atoms with Crippen LogP contribution in [0.5, 0.6) is 0 Å². The number of carbonyl (C=O) groups is 1. The van der Waals surface area contributed by atoms with Crippen molar-refractivity contribution < 1.29 is 9.18 Å². The molecule has 22 heavy (non-hydrogen) atoms. The fraction of sp³-hybridized carbons (Fsp3) is 0.167. The van der Waals surface area contributed by atoms with E-state index in [0.29, 0.717) is 0 Å². The Morgan fingerprint density at radius 2 is 1.91 bits per heavy atom. The molecule has 3 rings (SSSR count). The molecule has 0 aliphatic carbocycles. The Hall–Kier alpha value is -2.62. The zero-order valence-electron chi connectivity index (χ0n) is 12.3. The van der Waals surface area contributed by atoms with Gasteiger partial charge in [0.15, 0.2) is 0 Å². The summed E-state index contributed by atoms with van der Waals surface area (Å²) >= 11 is 0. The topological polar surface area (TPSA) is 34.0 Å². The Bertz CT molecular complexity index is 806. The lowest BCUT2D eigenvalue weighted by Gasteiger charge is -2.07. The van der Waals surface area contributed by atoms with Gasteiger partial charge in [-0.05, 0) is 48.2 Å². The molecule has 2 aromatic carbocycles. The summed E-state index contributed by atoms with van der Waals surface area (Å²) in [5, 5.41) is 4.04. The Morgan fingerprint density at radius 1 is 1.14 bits per heavy atom. The summed E-state index contributed by atoms with van der Waals surface area (Å²) in [6, 6.07) is 13.9. The van der Waals surface area contributed by atoms with Crippen LogP contribution >= 0.6 is 0 Å². The van der Waals surface area contributed by atoms with E-state index in [9.17, 15) is 9.18 Å². The van der Waals surface area contributed by atoms with Crippen LogP contribution in [0.4, 0.5) is 10.1 Å². The first kappa shape index (κ1) is 14.3. The maximum atomic E-state index is 12.9. The number of fused-ring (bicyclic) bond motifs is 1. The van der Waals surface area contributed by atoms with Crippen molar-refractivity contribution in [3.05, 3.63) is 66.1 Å². The lowest BCUT2D eigenvalue weighted by molar-refractivity contribution is -0.115. The lowest BCUT2D eigenvalue weighted by atomic mass is 10.1. The third-order valence-corrected chi connectivity index (χ3v) is 3.68. The van der Waals surface area contributed by atoms with Crippen LogP contribution in [-0.2, 0) is 17.8 Å². The number of amides is 1. The molecule has 0 fully saturated rings. The smallest absolute Gasteiger partial charge is 0.228 e. The lowest BCUT2D eigenvalue weighted by Crippen LogP contribution is -2.14. The van der Waals surface area contributed by atoms with Crippen LogP contribution < -0.4 is 5.32 Å². The van der Waals surface area contributed by atoms with Gasteiger partial charge in [-0.3, -0.25) is 4.79 Å². The maximum absolute atomic E-state index is 12.9. The monoisotopic (exact) mass is 296 g/mol. The van der Waals surface area contributed by atoms with Crippen LogP contribution in [-0.4, -0.2) is 10.5 Å². The number of hydrogen-bond donors (Lipinski definition) is 1. The van der Waals surface area contributed by atoms with Crippen LogP contribution in [0.3, 0.4) is 0 Å². The molecule has 0 saturated heterocycles. The van der Waals surface area contributed by atoms with Gasteiger partial charge in [0.2, 0.25) is 5.91 Å². The summed E-state index contributed by atoms with van der Waals surface area (Å²) in [6.45, 7) is 2.97. The Labute approximate surface area is 128 Å². The van der Waals surface area contributed by atoms with E-state index < -0.39 is 0 Å². The number of carbonyl (C=O) groups excluding carboxylic acids is 1. The molecule has 1 heterocycles. The highest BCUT2D eigenvalue weighted by Crippen LogP contribution is 2.20. The van der Waals surface area contributed by atoms with Gasteiger partial charge >= 0.3 is 0 Å². The van der Waals surface area contributed by atoms with Crippen LogP contribution in [0.1, 0.15) is 12.5 Å². The van der Waals surface area contributed by atoms with Crippen molar-refractivity contribution in [1.82, 2.24) is 4.57 Å². The van der Waals surface area contributed by atoms with E-state index in [0.717, 1.165) is 28.7 Å². The fourth-order valence-corrected chi connectivity index (χ4v) is 2.53. The molecular weight excluding hydrogens is 279 g/mol. The standard InChI is InChI=1S/C18H17FN2O/c1-2-21-10-9-14-5-8-16(12-17(14)21)20-18(22)11-13-3-6-15(19)7-4-13/h3-10,12H,2,11H2,1H3,(H,20,22). The molecule has 0 radical (unpaired) electrons. The van der Waals surface area contributed by atoms with E-state index >= 15 is 0 Å². The van der Waals surface area contributed by atoms with Gasteiger partial charge in [-0.1, -0.05) is 18.2 Å². The van der Waals surface area contributed by atoms with E-state index in [2.05, 4.69) is 22.9 Å². The number of nitrogens with one attached hydrogen (secondary N) is 1. The molecule has 0 saturated carbocycles. The van der Waals surface area contributed by atoms with Crippen molar-refractivity contribution in [2.75, 3.05) is 5.32 Å². The van der Waals surface area contributed by atoms with Gasteiger partial charge in [0.25, 0.3) is 0 Å². The van der Waals surface area contributed by atoms with E-state index in [1.807, 2.05) is 24.4 Å². The highest BCUT2D eigenvalue weighted by Gasteiger charge is 2.06. The maximum Gasteiger partial charge on any atom is 0.228 e. The first-order chi connectivity index (χ1) is 10.7. The second kappa shape index (κ2) is 6.02. The predicted molar refractivity (Wildman–Crippen MR) is 86.3 cm³/mol. The molecule has 0 bridgehead atoms. The molecule has 0 atom stereocenters. The van der Waals surface area contributed by atoms with Gasteiger partial charge in [-0.2, -0.15) is 0 Å². The first-order valence-electron chi connectivity index (χ1n) is 7.29. The van der Waals surface area contributed by atoms with E-state index in [1.54, 1.807) is 12.1 Å². The zero-order chi connectivity index (χ0) is 15.5. The van der Waals surface area contributed by atoms with E-state index in [1.165, 1.54) is 12.1 Å². The summed E-state index contributed by atoms with van der Waals surface area (Å²) in [4.78, 5) is 12.1. The van der Waals surface area contributed by atoms with Crippen molar-refractivity contribution in [1.29, 1.82) is 0 Å². The number of benzene rings is 2. The molecule has 1 N–H and O–H groups in total.